The van der Waals surface area contributed by atoms with Crippen LogP contribution in [-0.4, -0.2) is 35.6 Å². The van der Waals surface area contributed by atoms with Crippen LogP contribution in [0.4, 0.5) is 8.78 Å². The summed E-state index contributed by atoms with van der Waals surface area (Å²) in [5.41, 5.74) is 0. The highest BCUT2D eigenvalue weighted by molar-refractivity contribution is 5.84. The van der Waals surface area contributed by atoms with Crippen LogP contribution in [0.1, 0.15) is 44.9 Å². The largest absolute Gasteiger partial charge is 0.334 e. The van der Waals surface area contributed by atoms with Crippen molar-refractivity contribution in [3.05, 3.63) is 0 Å². The first-order valence-corrected chi connectivity index (χ1v) is 6.72. The summed E-state index contributed by atoms with van der Waals surface area (Å²) in [6.45, 7) is 0.373. The number of ketones is 1. The molecule has 1 aliphatic heterocycles. The van der Waals surface area contributed by atoms with Crippen molar-refractivity contribution in [3.63, 3.8) is 0 Å². The van der Waals surface area contributed by atoms with E-state index in [9.17, 15) is 18.4 Å². The van der Waals surface area contributed by atoms with Gasteiger partial charge in [0.05, 0.1) is 0 Å². The number of carbonyl (C=O) groups is 2. The van der Waals surface area contributed by atoms with Gasteiger partial charge in [0, 0.05) is 24.9 Å². The maximum absolute atomic E-state index is 12.6. The molecule has 5 heteroatoms. The molecule has 1 saturated carbocycles. The fraction of sp³-hybridized carbons (Fsp3) is 0.846. The first kappa shape index (κ1) is 13.4. The lowest BCUT2D eigenvalue weighted by Gasteiger charge is -2.40. The van der Waals surface area contributed by atoms with Crippen molar-refractivity contribution in [1.82, 2.24) is 4.90 Å². The Bertz CT molecular complexity index is 333. The van der Waals surface area contributed by atoms with Gasteiger partial charge in [-0.15, -0.1) is 0 Å². The number of rotatable bonds is 2. The quantitative estimate of drug-likeness (QED) is 0.763. The van der Waals surface area contributed by atoms with E-state index in [0.29, 0.717) is 19.4 Å². The molecule has 2 aliphatic rings. The molecule has 2 rings (SSSR count). The van der Waals surface area contributed by atoms with Crippen LogP contribution in [0.5, 0.6) is 0 Å². The first-order valence-electron chi connectivity index (χ1n) is 6.72. The van der Waals surface area contributed by atoms with Crippen LogP contribution in [0.25, 0.3) is 0 Å². The Morgan fingerprint density at radius 2 is 1.89 bits per heavy atom. The molecular formula is C13H19F2NO2. The second kappa shape index (κ2) is 5.76. The van der Waals surface area contributed by atoms with Crippen LogP contribution in [0.15, 0.2) is 0 Å². The molecule has 18 heavy (non-hydrogen) atoms. The number of nitrogens with zero attached hydrogens (tertiary/aromatic N) is 1. The Morgan fingerprint density at radius 3 is 2.56 bits per heavy atom. The molecule has 0 aromatic rings. The van der Waals surface area contributed by atoms with Crippen molar-refractivity contribution in [2.45, 2.75) is 57.4 Å². The SMILES string of the molecule is O=C1CCCCC1C1CCCCN1C(=O)C(F)F. The number of Topliss-reactive ketones (excluding diaryl/α,β-unsaturated/α-hetero) is 1. The molecule has 0 radical (unpaired) electrons. The zero-order valence-electron chi connectivity index (χ0n) is 10.4. The second-order valence-electron chi connectivity index (χ2n) is 5.21. The van der Waals surface area contributed by atoms with Crippen LogP contribution in [0, 0.1) is 5.92 Å². The van der Waals surface area contributed by atoms with Gasteiger partial charge in [-0.1, -0.05) is 6.42 Å². The fourth-order valence-electron chi connectivity index (χ4n) is 3.19. The highest BCUT2D eigenvalue weighted by Crippen LogP contribution is 2.32. The van der Waals surface area contributed by atoms with Crippen LogP contribution < -0.4 is 0 Å². The van der Waals surface area contributed by atoms with Crippen molar-refractivity contribution in [2.24, 2.45) is 5.92 Å². The molecule has 0 bridgehead atoms. The molecule has 1 saturated heterocycles. The lowest BCUT2D eigenvalue weighted by molar-refractivity contribution is -0.149. The number of hydrogen-bond donors (Lipinski definition) is 0. The van der Waals surface area contributed by atoms with Gasteiger partial charge in [0.15, 0.2) is 0 Å². The fourth-order valence-corrected chi connectivity index (χ4v) is 3.19. The maximum atomic E-state index is 12.6. The standard InChI is InChI=1S/C13H19F2NO2/c14-12(15)13(18)16-8-4-3-6-10(16)9-5-1-2-7-11(9)17/h9-10,12H,1-8H2. The maximum Gasteiger partial charge on any atom is 0.315 e. The zero-order chi connectivity index (χ0) is 13.1. The minimum absolute atomic E-state index is 0.153. The van der Waals surface area contributed by atoms with E-state index in [1.165, 1.54) is 4.90 Å². The molecule has 2 fully saturated rings. The minimum Gasteiger partial charge on any atom is -0.334 e. The topological polar surface area (TPSA) is 37.4 Å². The number of alkyl halides is 2. The zero-order valence-corrected chi connectivity index (χ0v) is 10.4. The molecular weight excluding hydrogens is 240 g/mol. The minimum atomic E-state index is -2.95. The van der Waals surface area contributed by atoms with Gasteiger partial charge in [-0.25, -0.2) is 0 Å². The van der Waals surface area contributed by atoms with Crippen molar-refractivity contribution >= 4 is 11.7 Å². The van der Waals surface area contributed by atoms with Crippen LogP contribution >= 0.6 is 0 Å². The Kier molecular flexibility index (Phi) is 4.30. The average molecular weight is 259 g/mol. The van der Waals surface area contributed by atoms with Crippen molar-refractivity contribution in [1.29, 1.82) is 0 Å². The number of carbonyl (C=O) groups excluding carboxylic acids is 2. The van der Waals surface area contributed by atoms with Crippen LogP contribution in [-0.2, 0) is 9.59 Å². The smallest absolute Gasteiger partial charge is 0.315 e. The van der Waals surface area contributed by atoms with Gasteiger partial charge in [0.25, 0.3) is 5.91 Å². The lowest BCUT2D eigenvalue weighted by atomic mass is 9.79. The highest BCUT2D eigenvalue weighted by atomic mass is 19.3. The van der Waals surface area contributed by atoms with Gasteiger partial charge in [0.2, 0.25) is 0 Å². The van der Waals surface area contributed by atoms with E-state index in [1.807, 2.05) is 0 Å². The Balaban J connectivity index is 2.11. The van der Waals surface area contributed by atoms with Gasteiger partial charge in [-0.3, -0.25) is 9.59 Å². The Morgan fingerprint density at radius 1 is 1.17 bits per heavy atom. The summed E-state index contributed by atoms with van der Waals surface area (Å²) in [6, 6.07) is -0.284. The monoisotopic (exact) mass is 259 g/mol. The van der Waals surface area contributed by atoms with Crippen LogP contribution in [0.2, 0.25) is 0 Å². The summed E-state index contributed by atoms with van der Waals surface area (Å²) in [5, 5.41) is 0. The number of halogens is 2. The van der Waals surface area contributed by atoms with E-state index in [0.717, 1.165) is 32.1 Å². The Labute approximate surface area is 106 Å². The molecule has 0 aromatic carbocycles. The van der Waals surface area contributed by atoms with E-state index in [2.05, 4.69) is 0 Å². The van der Waals surface area contributed by atoms with Crippen molar-refractivity contribution in [3.8, 4) is 0 Å². The molecule has 2 atom stereocenters. The van der Waals surface area contributed by atoms with Gasteiger partial charge >= 0.3 is 6.43 Å². The lowest BCUT2D eigenvalue weighted by Crippen LogP contribution is -2.51. The third kappa shape index (κ3) is 2.70. The number of hydrogen-bond acceptors (Lipinski definition) is 2. The molecule has 0 spiro atoms. The van der Waals surface area contributed by atoms with E-state index >= 15 is 0 Å². The number of likely N-dealkylation sites (tertiary alicyclic amines) is 1. The molecule has 3 nitrogen and oxygen atoms in total. The predicted octanol–water partition coefficient (Wildman–Crippen LogP) is 2.39. The molecule has 0 N–H and O–H groups in total. The van der Waals surface area contributed by atoms with Crippen molar-refractivity contribution < 1.29 is 18.4 Å². The van der Waals surface area contributed by atoms with E-state index in [4.69, 9.17) is 0 Å². The summed E-state index contributed by atoms with van der Waals surface area (Å²) in [6.07, 6.45) is 2.55. The van der Waals surface area contributed by atoms with Gasteiger partial charge in [0.1, 0.15) is 5.78 Å². The van der Waals surface area contributed by atoms with Crippen LogP contribution in [0.3, 0.4) is 0 Å². The average Bonchev–Trinajstić information content (AvgIpc) is 2.38. The van der Waals surface area contributed by atoms with Crippen molar-refractivity contribution in [2.75, 3.05) is 6.54 Å². The summed E-state index contributed by atoms with van der Waals surface area (Å²) >= 11 is 0. The third-order valence-electron chi connectivity index (χ3n) is 4.09. The van der Waals surface area contributed by atoms with Gasteiger partial charge in [-0.05, 0) is 32.1 Å². The molecule has 0 aromatic heterocycles. The Hall–Kier alpha value is -1.00. The summed E-state index contributed by atoms with van der Waals surface area (Å²) in [7, 11) is 0. The highest BCUT2D eigenvalue weighted by Gasteiger charge is 2.39. The predicted molar refractivity (Wildman–Crippen MR) is 62.3 cm³/mol. The van der Waals surface area contributed by atoms with E-state index < -0.39 is 12.3 Å². The summed E-state index contributed by atoms with van der Waals surface area (Å²) < 4.78 is 25.1. The van der Waals surface area contributed by atoms with E-state index in [-0.39, 0.29) is 17.7 Å². The summed E-state index contributed by atoms with van der Waals surface area (Å²) in [5.74, 6) is -1.15. The van der Waals surface area contributed by atoms with Gasteiger partial charge in [-0.2, -0.15) is 8.78 Å². The molecule has 1 aliphatic carbocycles. The second-order valence-corrected chi connectivity index (χ2v) is 5.21. The first-order chi connectivity index (χ1) is 8.61. The number of amides is 1. The normalized spacial score (nSPS) is 29.7. The number of piperidine rings is 1. The van der Waals surface area contributed by atoms with Gasteiger partial charge < -0.3 is 4.90 Å². The molecule has 1 amide bonds. The third-order valence-corrected chi connectivity index (χ3v) is 4.09. The molecule has 2 unspecified atom stereocenters. The van der Waals surface area contributed by atoms with E-state index in [1.54, 1.807) is 0 Å². The molecule has 102 valence electrons. The summed E-state index contributed by atoms with van der Waals surface area (Å²) in [4.78, 5) is 24.7. The molecule has 1 heterocycles.